The van der Waals surface area contributed by atoms with Crippen LogP contribution >= 0.6 is 11.6 Å². The fourth-order valence-electron chi connectivity index (χ4n) is 4.50. The second-order valence-electron chi connectivity index (χ2n) is 8.36. The summed E-state index contributed by atoms with van der Waals surface area (Å²) in [5.41, 5.74) is 2.41. The van der Waals surface area contributed by atoms with Gasteiger partial charge in [0.05, 0.1) is 30.5 Å². The molecule has 0 unspecified atom stereocenters. The summed E-state index contributed by atoms with van der Waals surface area (Å²) in [6.07, 6.45) is 1.71. The third-order valence-electron chi connectivity index (χ3n) is 6.20. The highest BCUT2D eigenvalue weighted by Crippen LogP contribution is 2.34. The molecule has 0 spiro atoms. The van der Waals surface area contributed by atoms with Crippen LogP contribution in [0.2, 0.25) is 5.02 Å². The lowest BCUT2D eigenvalue weighted by molar-refractivity contribution is 0.0932. The number of pyridine rings is 2. The first-order valence-corrected chi connectivity index (χ1v) is 11.5. The Morgan fingerprint density at radius 2 is 1.88 bits per heavy atom. The smallest absolute Gasteiger partial charge is 0.260 e. The molecule has 0 saturated carbocycles. The van der Waals surface area contributed by atoms with Gasteiger partial charge in [0, 0.05) is 49.6 Å². The number of hydrogen-bond acceptors (Lipinski definition) is 6. The maximum absolute atomic E-state index is 13.8. The van der Waals surface area contributed by atoms with Gasteiger partial charge in [-0.05, 0) is 42.8 Å². The molecule has 1 saturated heterocycles. The SMILES string of the molecule is Cc1cc(O)c([C@@H](c2cccc(Cl)c2)N2CCN(CCO)CC2)c(=O)n1Cc1ccccn1. The van der Waals surface area contributed by atoms with Crippen LogP contribution < -0.4 is 5.56 Å². The van der Waals surface area contributed by atoms with Crippen molar-refractivity contribution >= 4 is 11.6 Å². The molecule has 8 heteroatoms. The van der Waals surface area contributed by atoms with Gasteiger partial charge >= 0.3 is 0 Å². The lowest BCUT2D eigenvalue weighted by atomic mass is 9.96. The summed E-state index contributed by atoms with van der Waals surface area (Å²) < 4.78 is 1.66. The van der Waals surface area contributed by atoms with Crippen LogP contribution in [0.3, 0.4) is 0 Å². The van der Waals surface area contributed by atoms with Crippen LogP contribution in [0.5, 0.6) is 5.75 Å². The molecule has 4 rings (SSSR count). The van der Waals surface area contributed by atoms with E-state index in [0.717, 1.165) is 24.3 Å². The highest BCUT2D eigenvalue weighted by atomic mass is 35.5. The molecular weight excluding hydrogens is 440 g/mol. The van der Waals surface area contributed by atoms with E-state index in [9.17, 15) is 15.0 Å². The van der Waals surface area contributed by atoms with Gasteiger partial charge in [-0.25, -0.2) is 0 Å². The molecule has 174 valence electrons. The number of aliphatic hydroxyl groups is 1. The van der Waals surface area contributed by atoms with Crippen LogP contribution in [0.15, 0.2) is 59.5 Å². The van der Waals surface area contributed by atoms with Crippen molar-refractivity contribution in [2.24, 2.45) is 0 Å². The number of aliphatic hydroxyl groups excluding tert-OH is 1. The Morgan fingerprint density at radius 3 is 2.55 bits per heavy atom. The third-order valence-corrected chi connectivity index (χ3v) is 6.43. The Labute approximate surface area is 198 Å². The molecule has 1 aromatic carbocycles. The predicted octanol–water partition coefficient (Wildman–Crippen LogP) is 2.66. The Kier molecular flexibility index (Phi) is 7.45. The maximum atomic E-state index is 13.8. The summed E-state index contributed by atoms with van der Waals surface area (Å²) in [6.45, 7) is 5.82. The van der Waals surface area contributed by atoms with Crippen molar-refractivity contribution in [2.45, 2.75) is 19.5 Å². The van der Waals surface area contributed by atoms with Gasteiger partial charge in [-0.15, -0.1) is 0 Å². The largest absolute Gasteiger partial charge is 0.507 e. The predicted molar refractivity (Wildman–Crippen MR) is 129 cm³/mol. The van der Waals surface area contributed by atoms with Gasteiger partial charge in [0.2, 0.25) is 0 Å². The highest BCUT2D eigenvalue weighted by Gasteiger charge is 2.31. The van der Waals surface area contributed by atoms with Gasteiger partial charge in [0.25, 0.3) is 5.56 Å². The van der Waals surface area contributed by atoms with Gasteiger partial charge in [0.15, 0.2) is 0 Å². The minimum atomic E-state index is -0.442. The van der Waals surface area contributed by atoms with Crippen LogP contribution in [-0.4, -0.2) is 68.9 Å². The van der Waals surface area contributed by atoms with E-state index in [1.54, 1.807) is 22.9 Å². The fraction of sp³-hybridized carbons (Fsp3) is 0.360. The molecule has 2 N–H and O–H groups in total. The van der Waals surface area contributed by atoms with E-state index in [1.807, 2.05) is 43.3 Å². The fourth-order valence-corrected chi connectivity index (χ4v) is 4.70. The normalized spacial score (nSPS) is 16.1. The molecule has 0 amide bonds. The first kappa shape index (κ1) is 23.4. The second-order valence-corrected chi connectivity index (χ2v) is 8.79. The van der Waals surface area contributed by atoms with E-state index in [2.05, 4.69) is 14.8 Å². The van der Waals surface area contributed by atoms with Crippen LogP contribution in [0.25, 0.3) is 0 Å². The van der Waals surface area contributed by atoms with Crippen molar-refractivity contribution in [3.8, 4) is 5.75 Å². The summed E-state index contributed by atoms with van der Waals surface area (Å²) in [6, 6.07) is 14.3. The maximum Gasteiger partial charge on any atom is 0.260 e. The van der Waals surface area contributed by atoms with Crippen molar-refractivity contribution in [1.29, 1.82) is 0 Å². The van der Waals surface area contributed by atoms with E-state index in [1.165, 1.54) is 0 Å². The summed E-state index contributed by atoms with van der Waals surface area (Å²) in [5, 5.41) is 20.9. The Hall–Kier alpha value is -2.71. The number of aromatic nitrogens is 2. The van der Waals surface area contributed by atoms with Gasteiger partial charge in [-0.3, -0.25) is 19.6 Å². The number of aromatic hydroxyl groups is 1. The molecule has 3 heterocycles. The molecule has 1 fully saturated rings. The zero-order valence-electron chi connectivity index (χ0n) is 18.7. The van der Waals surface area contributed by atoms with Gasteiger partial charge in [0.1, 0.15) is 5.75 Å². The molecule has 2 aromatic heterocycles. The van der Waals surface area contributed by atoms with Crippen LogP contribution in [0.1, 0.15) is 28.6 Å². The summed E-state index contributed by atoms with van der Waals surface area (Å²) in [4.78, 5) is 22.6. The summed E-state index contributed by atoms with van der Waals surface area (Å²) >= 11 is 6.31. The summed E-state index contributed by atoms with van der Waals surface area (Å²) in [7, 11) is 0. The number of β-amino-alcohol motifs (C(OH)–C–C–N with tert-alkyl or cyclic N) is 1. The van der Waals surface area contributed by atoms with Gasteiger partial charge in [-0.2, -0.15) is 0 Å². The average molecular weight is 469 g/mol. The van der Waals surface area contributed by atoms with Crippen molar-refractivity contribution in [3.05, 3.63) is 92.6 Å². The Morgan fingerprint density at radius 1 is 1.09 bits per heavy atom. The molecule has 0 bridgehead atoms. The standard InChI is InChI=1S/C25H29ClN4O3/c1-18-15-22(32)23(25(33)30(18)17-21-7-2-3-8-27-21)24(19-5-4-6-20(26)16-19)29-11-9-28(10-12-29)13-14-31/h2-8,15-16,24,31-32H,9-14,17H2,1H3/t24-/m1/s1. The summed E-state index contributed by atoms with van der Waals surface area (Å²) in [5.74, 6) is -0.0162. The van der Waals surface area contributed by atoms with E-state index >= 15 is 0 Å². The van der Waals surface area contributed by atoms with Crippen molar-refractivity contribution in [3.63, 3.8) is 0 Å². The zero-order valence-corrected chi connectivity index (χ0v) is 19.4. The monoisotopic (exact) mass is 468 g/mol. The van der Waals surface area contributed by atoms with Gasteiger partial charge < -0.3 is 14.8 Å². The minimum Gasteiger partial charge on any atom is -0.507 e. The topological polar surface area (TPSA) is 81.8 Å². The van der Waals surface area contributed by atoms with E-state index in [0.29, 0.717) is 42.5 Å². The Balaban J connectivity index is 1.78. The first-order valence-electron chi connectivity index (χ1n) is 11.1. The molecule has 33 heavy (non-hydrogen) atoms. The third kappa shape index (κ3) is 5.28. The quantitative estimate of drug-likeness (QED) is 0.555. The zero-order chi connectivity index (χ0) is 23.4. The number of hydrogen-bond donors (Lipinski definition) is 2. The molecule has 1 aliphatic rings. The van der Waals surface area contributed by atoms with E-state index < -0.39 is 6.04 Å². The first-order chi connectivity index (χ1) is 16.0. The van der Waals surface area contributed by atoms with E-state index in [-0.39, 0.29) is 17.9 Å². The second kappa shape index (κ2) is 10.5. The average Bonchev–Trinajstić information content (AvgIpc) is 2.81. The molecule has 1 aliphatic heterocycles. The van der Waals surface area contributed by atoms with Crippen molar-refractivity contribution in [2.75, 3.05) is 39.3 Å². The highest BCUT2D eigenvalue weighted by molar-refractivity contribution is 6.30. The van der Waals surface area contributed by atoms with Crippen LogP contribution in [0.4, 0.5) is 0 Å². The van der Waals surface area contributed by atoms with Crippen molar-refractivity contribution < 1.29 is 10.2 Å². The molecule has 1 atom stereocenters. The number of piperazine rings is 1. The molecule has 0 aliphatic carbocycles. The molecule has 7 nitrogen and oxygen atoms in total. The molecule has 0 radical (unpaired) electrons. The molecule has 3 aromatic rings. The number of benzene rings is 1. The van der Waals surface area contributed by atoms with Crippen LogP contribution in [0, 0.1) is 6.92 Å². The lowest BCUT2D eigenvalue weighted by Crippen LogP contribution is -2.49. The number of halogens is 1. The van der Waals surface area contributed by atoms with Crippen molar-refractivity contribution in [1.82, 2.24) is 19.4 Å². The Bertz CT molecular complexity index is 1140. The number of nitrogens with zero attached hydrogens (tertiary/aromatic N) is 4. The number of aryl methyl sites for hydroxylation is 1. The van der Waals surface area contributed by atoms with Gasteiger partial charge in [-0.1, -0.05) is 29.8 Å². The van der Waals surface area contributed by atoms with Crippen LogP contribution in [-0.2, 0) is 6.54 Å². The lowest BCUT2D eigenvalue weighted by Gasteiger charge is -2.39. The number of rotatable bonds is 7. The molecular formula is C25H29ClN4O3. The minimum absolute atomic E-state index is 0.0162. The van der Waals surface area contributed by atoms with E-state index in [4.69, 9.17) is 11.6 Å².